The van der Waals surface area contributed by atoms with E-state index >= 15 is 0 Å². The average molecular weight is 210 g/mol. The fourth-order valence-corrected chi connectivity index (χ4v) is 1.35. The van der Waals surface area contributed by atoms with Crippen LogP contribution in [-0.2, 0) is 6.42 Å². The van der Waals surface area contributed by atoms with E-state index in [4.69, 9.17) is 4.42 Å². The first-order valence-electron chi connectivity index (χ1n) is 4.52. The molecule has 1 heterocycles. The van der Waals surface area contributed by atoms with Gasteiger partial charge in [-0.25, -0.2) is 4.79 Å². The van der Waals surface area contributed by atoms with Gasteiger partial charge >= 0.3 is 5.63 Å². The van der Waals surface area contributed by atoms with Gasteiger partial charge in [0.25, 0.3) is 0 Å². The van der Waals surface area contributed by atoms with Crippen LogP contribution >= 0.6 is 11.8 Å². The molecular weight excluding hydrogens is 196 g/mol. The van der Waals surface area contributed by atoms with Gasteiger partial charge in [-0.05, 0) is 30.6 Å². The van der Waals surface area contributed by atoms with E-state index in [1.807, 2.05) is 6.07 Å². The molecule has 0 bridgehead atoms. The Labute approximate surface area is 88.0 Å². The lowest BCUT2D eigenvalue weighted by molar-refractivity contribution is 0.459. The molecule has 0 aromatic carbocycles. The van der Waals surface area contributed by atoms with Crippen molar-refractivity contribution in [3.05, 3.63) is 45.4 Å². The summed E-state index contributed by atoms with van der Waals surface area (Å²) in [4.78, 5) is 12.2. The molecule has 0 N–H and O–H groups in total. The molecule has 0 amide bonds. The Balaban J connectivity index is 2.50. The minimum absolute atomic E-state index is 0.270. The monoisotopic (exact) mass is 210 g/mol. The van der Waals surface area contributed by atoms with E-state index < -0.39 is 0 Å². The molecule has 0 aliphatic carbocycles. The third-order valence-corrected chi connectivity index (χ3v) is 2.70. The summed E-state index contributed by atoms with van der Waals surface area (Å²) in [5.74, 6) is 0.752. The van der Waals surface area contributed by atoms with E-state index in [0.717, 1.165) is 18.6 Å². The smallest absolute Gasteiger partial charge is 0.335 e. The molecule has 76 valence electrons. The summed E-state index contributed by atoms with van der Waals surface area (Å²) in [6, 6.07) is 4.99. The van der Waals surface area contributed by atoms with Gasteiger partial charge in [-0.3, -0.25) is 0 Å². The zero-order valence-corrected chi connectivity index (χ0v) is 9.26. The molecule has 0 radical (unpaired) electrons. The van der Waals surface area contributed by atoms with Gasteiger partial charge in [-0.2, -0.15) is 0 Å². The average Bonchev–Trinajstić information content (AvgIpc) is 2.17. The van der Waals surface area contributed by atoms with E-state index in [1.165, 1.54) is 11.0 Å². The van der Waals surface area contributed by atoms with Crippen LogP contribution in [-0.4, -0.2) is 6.26 Å². The van der Waals surface area contributed by atoms with Gasteiger partial charge in [0.1, 0.15) is 5.76 Å². The molecule has 0 atom stereocenters. The molecule has 0 fully saturated rings. The Morgan fingerprint density at radius 2 is 2.36 bits per heavy atom. The fourth-order valence-electron chi connectivity index (χ4n) is 1.07. The van der Waals surface area contributed by atoms with Crippen LogP contribution in [0.2, 0.25) is 0 Å². The molecule has 14 heavy (non-hydrogen) atoms. The standard InChI is InChI=1S/C11H14O2S/c1-9(14-2)5-3-6-10-7-4-8-11(12)13-10/h4-5,7-8H,3,6H2,1-2H3. The second kappa shape index (κ2) is 5.70. The third kappa shape index (κ3) is 3.83. The first-order valence-corrected chi connectivity index (χ1v) is 5.74. The van der Waals surface area contributed by atoms with Crippen LogP contribution in [0, 0.1) is 0 Å². The Kier molecular flexibility index (Phi) is 4.53. The summed E-state index contributed by atoms with van der Waals surface area (Å²) < 4.78 is 5.00. The van der Waals surface area contributed by atoms with Crippen LogP contribution in [0.4, 0.5) is 0 Å². The van der Waals surface area contributed by atoms with Crippen LogP contribution < -0.4 is 5.63 Å². The van der Waals surface area contributed by atoms with Crippen molar-refractivity contribution in [2.45, 2.75) is 19.8 Å². The van der Waals surface area contributed by atoms with Gasteiger partial charge in [-0.1, -0.05) is 12.1 Å². The van der Waals surface area contributed by atoms with Crippen LogP contribution in [0.3, 0.4) is 0 Å². The van der Waals surface area contributed by atoms with Gasteiger partial charge in [0.15, 0.2) is 0 Å². The number of hydrogen-bond acceptors (Lipinski definition) is 3. The van der Waals surface area contributed by atoms with Crippen LogP contribution in [0.25, 0.3) is 0 Å². The lowest BCUT2D eigenvalue weighted by atomic mass is 10.2. The van der Waals surface area contributed by atoms with Crippen molar-refractivity contribution in [2.24, 2.45) is 0 Å². The maximum Gasteiger partial charge on any atom is 0.335 e. The van der Waals surface area contributed by atoms with Gasteiger partial charge in [-0.15, -0.1) is 11.8 Å². The maximum atomic E-state index is 10.9. The summed E-state index contributed by atoms with van der Waals surface area (Å²) >= 11 is 1.73. The number of thioether (sulfide) groups is 1. The van der Waals surface area contributed by atoms with Crippen molar-refractivity contribution in [1.82, 2.24) is 0 Å². The highest BCUT2D eigenvalue weighted by molar-refractivity contribution is 8.02. The van der Waals surface area contributed by atoms with Crippen LogP contribution in [0.5, 0.6) is 0 Å². The lowest BCUT2D eigenvalue weighted by Crippen LogP contribution is -1.97. The summed E-state index contributed by atoms with van der Waals surface area (Å²) in [6.45, 7) is 2.08. The minimum Gasteiger partial charge on any atom is -0.428 e. The van der Waals surface area contributed by atoms with Crippen molar-refractivity contribution in [3.8, 4) is 0 Å². The first-order chi connectivity index (χ1) is 6.72. The Bertz CT molecular complexity index is 366. The third-order valence-electron chi connectivity index (χ3n) is 1.89. The second-order valence-corrected chi connectivity index (χ2v) is 4.02. The normalized spacial score (nSPS) is 11.7. The quantitative estimate of drug-likeness (QED) is 0.765. The number of aryl methyl sites for hydroxylation is 1. The zero-order chi connectivity index (χ0) is 10.4. The van der Waals surface area contributed by atoms with Gasteiger partial charge in [0.05, 0.1) is 0 Å². The molecule has 1 aromatic rings. The van der Waals surface area contributed by atoms with E-state index in [0.29, 0.717) is 0 Å². The van der Waals surface area contributed by atoms with Crippen molar-refractivity contribution >= 4 is 11.8 Å². The fraction of sp³-hybridized carbons (Fsp3) is 0.364. The van der Waals surface area contributed by atoms with Crippen molar-refractivity contribution < 1.29 is 4.42 Å². The van der Waals surface area contributed by atoms with Crippen molar-refractivity contribution in [2.75, 3.05) is 6.26 Å². The Morgan fingerprint density at radius 1 is 1.57 bits per heavy atom. The van der Waals surface area contributed by atoms with Crippen molar-refractivity contribution in [1.29, 1.82) is 0 Å². The van der Waals surface area contributed by atoms with E-state index in [2.05, 4.69) is 19.3 Å². The van der Waals surface area contributed by atoms with Gasteiger partial charge in [0.2, 0.25) is 0 Å². The van der Waals surface area contributed by atoms with E-state index in [9.17, 15) is 4.79 Å². The lowest BCUT2D eigenvalue weighted by Gasteiger charge is -1.97. The summed E-state index contributed by atoms with van der Waals surface area (Å²) in [5.41, 5.74) is -0.270. The van der Waals surface area contributed by atoms with Gasteiger partial charge in [0, 0.05) is 12.5 Å². The molecule has 0 aliphatic heterocycles. The molecule has 1 aromatic heterocycles. The molecule has 0 aliphatic rings. The largest absolute Gasteiger partial charge is 0.428 e. The molecule has 1 rings (SSSR count). The summed E-state index contributed by atoms with van der Waals surface area (Å²) in [5, 5.41) is 0. The number of allylic oxidation sites excluding steroid dienone is 2. The Morgan fingerprint density at radius 3 is 3.00 bits per heavy atom. The molecule has 2 nitrogen and oxygen atoms in total. The predicted molar refractivity (Wildman–Crippen MR) is 60.6 cm³/mol. The highest BCUT2D eigenvalue weighted by Crippen LogP contribution is 2.11. The molecule has 0 saturated heterocycles. The second-order valence-electron chi connectivity index (χ2n) is 2.97. The SMILES string of the molecule is CSC(C)=CCCc1cccc(=O)o1. The van der Waals surface area contributed by atoms with Crippen LogP contribution in [0.1, 0.15) is 19.1 Å². The molecule has 3 heteroatoms. The minimum atomic E-state index is -0.270. The maximum absolute atomic E-state index is 10.9. The first kappa shape index (κ1) is 11.1. The predicted octanol–water partition coefficient (Wildman–Crippen LogP) is 2.84. The van der Waals surface area contributed by atoms with Gasteiger partial charge < -0.3 is 4.42 Å². The topological polar surface area (TPSA) is 30.2 Å². The van der Waals surface area contributed by atoms with Crippen LogP contribution in [0.15, 0.2) is 38.4 Å². The molecule has 0 unspecified atom stereocenters. The zero-order valence-electron chi connectivity index (χ0n) is 8.45. The summed E-state index contributed by atoms with van der Waals surface area (Å²) in [7, 11) is 0. The summed E-state index contributed by atoms with van der Waals surface area (Å²) in [6.07, 6.45) is 5.90. The Hall–Kier alpha value is -0.960. The number of hydrogen-bond donors (Lipinski definition) is 0. The number of rotatable bonds is 4. The molecule has 0 saturated carbocycles. The molecule has 0 spiro atoms. The molecular formula is C11H14O2S. The van der Waals surface area contributed by atoms with E-state index in [-0.39, 0.29) is 5.63 Å². The van der Waals surface area contributed by atoms with E-state index in [1.54, 1.807) is 17.8 Å². The highest BCUT2D eigenvalue weighted by atomic mass is 32.2. The highest BCUT2D eigenvalue weighted by Gasteiger charge is 1.94. The van der Waals surface area contributed by atoms with Crippen molar-refractivity contribution in [3.63, 3.8) is 0 Å².